The summed E-state index contributed by atoms with van der Waals surface area (Å²) in [6.07, 6.45) is 12.4. The molecule has 2 saturated carbocycles. The minimum Gasteiger partial charge on any atom is -0.454 e. The number of H-pyrrole nitrogens is 1. The largest absolute Gasteiger partial charge is 0.454 e. The third-order valence-corrected chi connectivity index (χ3v) is 7.80. The zero-order chi connectivity index (χ0) is 22.3. The highest BCUT2D eigenvalue weighted by molar-refractivity contribution is 6.02. The van der Waals surface area contributed by atoms with Gasteiger partial charge in [0.2, 0.25) is 12.7 Å². The molecule has 0 spiro atoms. The molecule has 33 heavy (non-hydrogen) atoms. The van der Waals surface area contributed by atoms with Crippen LogP contribution in [0.1, 0.15) is 81.4 Å². The molecule has 0 atom stereocenters. The lowest BCUT2D eigenvalue weighted by Gasteiger charge is -2.16. The van der Waals surface area contributed by atoms with Crippen molar-refractivity contribution in [1.29, 1.82) is 0 Å². The minimum absolute atomic E-state index is 0.0627. The smallest absolute Gasteiger partial charge is 0.235 e. The van der Waals surface area contributed by atoms with Gasteiger partial charge in [-0.05, 0) is 73.6 Å². The molecule has 0 unspecified atom stereocenters. The van der Waals surface area contributed by atoms with E-state index in [1.54, 1.807) is 0 Å². The second-order valence-electron chi connectivity index (χ2n) is 10.0. The third-order valence-electron chi connectivity index (χ3n) is 7.80. The van der Waals surface area contributed by atoms with E-state index in [1.165, 1.54) is 62.4 Å². The zero-order valence-corrected chi connectivity index (χ0v) is 19.1. The monoisotopic (exact) mass is 444 g/mol. The molecule has 3 aromatic rings. The quantitative estimate of drug-likeness (QED) is 0.466. The highest BCUT2D eigenvalue weighted by Gasteiger charge is 2.51. The molecule has 2 N–H and O–H groups in total. The van der Waals surface area contributed by atoms with Gasteiger partial charge in [0, 0.05) is 22.3 Å². The second-order valence-corrected chi connectivity index (χ2v) is 10.0. The summed E-state index contributed by atoms with van der Waals surface area (Å²) >= 11 is 0. The zero-order valence-electron chi connectivity index (χ0n) is 19.1. The van der Waals surface area contributed by atoms with E-state index in [-0.39, 0.29) is 12.7 Å². The summed E-state index contributed by atoms with van der Waals surface area (Å²) in [4.78, 5) is 17.0. The summed E-state index contributed by atoms with van der Waals surface area (Å²) in [5, 5.41) is 4.37. The molecule has 5 heteroatoms. The molecule has 1 aromatic heterocycles. The first-order valence-corrected chi connectivity index (χ1v) is 12.6. The maximum absolute atomic E-state index is 13.3. The Morgan fingerprint density at radius 1 is 0.879 bits per heavy atom. The molecule has 3 aliphatic rings. The molecule has 172 valence electrons. The van der Waals surface area contributed by atoms with Crippen LogP contribution in [0, 0.1) is 0 Å². The average molecular weight is 445 g/mol. The molecular weight excluding hydrogens is 412 g/mol. The van der Waals surface area contributed by atoms with Crippen LogP contribution in [0.4, 0.5) is 5.69 Å². The Hall–Kier alpha value is -2.95. The molecule has 0 radical (unpaired) electrons. The van der Waals surface area contributed by atoms with Crippen LogP contribution in [0.15, 0.2) is 42.5 Å². The highest BCUT2D eigenvalue weighted by atomic mass is 16.7. The molecule has 1 amide bonds. The molecule has 2 heterocycles. The van der Waals surface area contributed by atoms with Crippen LogP contribution < -0.4 is 14.8 Å². The van der Waals surface area contributed by atoms with E-state index in [4.69, 9.17) is 9.47 Å². The van der Waals surface area contributed by atoms with Crippen LogP contribution in [0.5, 0.6) is 11.5 Å². The summed E-state index contributed by atoms with van der Waals surface area (Å²) in [5.74, 6) is 2.17. The SMILES string of the molecule is O=C(Nc1ccc2[nH]c(C3CCCCCCCC3)cc2c1)C1(c2ccc3c(c2)OCO3)CC1. The number of hydrogen-bond donors (Lipinski definition) is 2. The fourth-order valence-corrected chi connectivity index (χ4v) is 5.61. The summed E-state index contributed by atoms with van der Waals surface area (Å²) in [6.45, 7) is 0.248. The third kappa shape index (κ3) is 3.98. The number of amides is 1. The van der Waals surface area contributed by atoms with Gasteiger partial charge in [0.25, 0.3) is 0 Å². The first-order chi connectivity index (χ1) is 16.2. The van der Waals surface area contributed by atoms with Crippen molar-refractivity contribution in [3.63, 3.8) is 0 Å². The van der Waals surface area contributed by atoms with Gasteiger partial charge in [-0.25, -0.2) is 0 Å². The van der Waals surface area contributed by atoms with Crippen LogP contribution in [-0.4, -0.2) is 17.7 Å². The number of aromatic amines is 1. The van der Waals surface area contributed by atoms with E-state index in [1.807, 2.05) is 24.3 Å². The van der Waals surface area contributed by atoms with Crippen LogP contribution in [0.2, 0.25) is 0 Å². The maximum Gasteiger partial charge on any atom is 0.235 e. The number of aromatic nitrogens is 1. The fourth-order valence-electron chi connectivity index (χ4n) is 5.61. The number of carbonyl (C=O) groups excluding carboxylic acids is 1. The number of nitrogens with one attached hydrogen (secondary N) is 2. The number of ether oxygens (including phenoxy) is 2. The van der Waals surface area contributed by atoms with Gasteiger partial charge in [-0.2, -0.15) is 0 Å². The van der Waals surface area contributed by atoms with Crippen LogP contribution in [0.25, 0.3) is 10.9 Å². The Labute approximate surface area is 194 Å². The number of fused-ring (bicyclic) bond motifs is 2. The molecule has 1 aliphatic heterocycles. The lowest BCUT2D eigenvalue weighted by Crippen LogP contribution is -2.27. The minimum atomic E-state index is -0.462. The van der Waals surface area contributed by atoms with Crippen molar-refractivity contribution >= 4 is 22.5 Å². The molecule has 6 rings (SSSR count). The fraction of sp³-hybridized carbons (Fsp3) is 0.464. The summed E-state index contributed by atoms with van der Waals surface area (Å²) < 4.78 is 10.9. The lowest BCUT2D eigenvalue weighted by atomic mass is 9.93. The van der Waals surface area contributed by atoms with Crippen LogP contribution in [-0.2, 0) is 10.2 Å². The molecule has 2 aromatic carbocycles. The maximum atomic E-state index is 13.3. The lowest BCUT2D eigenvalue weighted by molar-refractivity contribution is -0.118. The Bertz CT molecular complexity index is 1170. The second kappa shape index (κ2) is 8.44. The van der Waals surface area contributed by atoms with Gasteiger partial charge in [-0.3, -0.25) is 4.79 Å². The molecule has 5 nitrogen and oxygen atoms in total. The Morgan fingerprint density at radius 3 is 2.42 bits per heavy atom. The first-order valence-electron chi connectivity index (χ1n) is 12.6. The normalized spacial score (nSPS) is 20.1. The number of anilines is 1. The van der Waals surface area contributed by atoms with Crippen molar-refractivity contribution in [1.82, 2.24) is 4.98 Å². The van der Waals surface area contributed by atoms with Crippen molar-refractivity contribution in [2.45, 2.75) is 75.5 Å². The number of hydrogen-bond acceptors (Lipinski definition) is 3. The van der Waals surface area contributed by atoms with Crippen molar-refractivity contribution < 1.29 is 14.3 Å². The van der Waals surface area contributed by atoms with Crippen molar-refractivity contribution in [2.75, 3.05) is 12.1 Å². The summed E-state index contributed by atoms with van der Waals surface area (Å²) in [6, 6.07) is 14.4. The van der Waals surface area contributed by atoms with Crippen LogP contribution in [0.3, 0.4) is 0 Å². The molecule has 2 aliphatic carbocycles. The van der Waals surface area contributed by atoms with Crippen LogP contribution >= 0.6 is 0 Å². The number of rotatable bonds is 4. The standard InChI is InChI=1S/C28H32N2O3/c31-27(28(13-14-28)21-9-12-25-26(17-21)33-18-32-25)29-22-10-11-23-20(15-22)16-24(30-23)19-7-5-3-1-2-4-6-8-19/h9-12,15-17,19,30H,1-8,13-14,18H2,(H,29,31). The number of carbonyl (C=O) groups is 1. The van der Waals surface area contributed by atoms with Gasteiger partial charge in [0.1, 0.15) is 0 Å². The van der Waals surface area contributed by atoms with E-state index in [0.29, 0.717) is 5.92 Å². The Kier molecular flexibility index (Phi) is 5.28. The van der Waals surface area contributed by atoms with Gasteiger partial charge in [-0.1, -0.05) is 44.6 Å². The van der Waals surface area contributed by atoms with Gasteiger partial charge in [0.15, 0.2) is 11.5 Å². The van der Waals surface area contributed by atoms with Gasteiger partial charge in [0.05, 0.1) is 5.41 Å². The van der Waals surface area contributed by atoms with Crippen molar-refractivity contribution in [3.8, 4) is 11.5 Å². The van der Waals surface area contributed by atoms with E-state index in [2.05, 4.69) is 28.5 Å². The first kappa shape index (κ1) is 20.6. The molecule has 0 saturated heterocycles. The van der Waals surface area contributed by atoms with Gasteiger partial charge in [-0.15, -0.1) is 0 Å². The molecular formula is C28H32N2O3. The topological polar surface area (TPSA) is 63.4 Å². The predicted molar refractivity (Wildman–Crippen MR) is 130 cm³/mol. The molecule has 0 bridgehead atoms. The summed E-state index contributed by atoms with van der Waals surface area (Å²) in [7, 11) is 0. The Morgan fingerprint density at radius 2 is 1.64 bits per heavy atom. The average Bonchev–Trinajstić information content (AvgIpc) is 3.28. The summed E-state index contributed by atoms with van der Waals surface area (Å²) in [5.41, 5.74) is 3.92. The van der Waals surface area contributed by atoms with Gasteiger partial charge >= 0.3 is 0 Å². The van der Waals surface area contributed by atoms with Crippen molar-refractivity contribution in [3.05, 3.63) is 53.7 Å². The molecule has 2 fully saturated rings. The van der Waals surface area contributed by atoms with E-state index in [9.17, 15) is 4.79 Å². The van der Waals surface area contributed by atoms with E-state index >= 15 is 0 Å². The van der Waals surface area contributed by atoms with E-state index < -0.39 is 5.41 Å². The van der Waals surface area contributed by atoms with E-state index in [0.717, 1.165) is 41.1 Å². The van der Waals surface area contributed by atoms with Gasteiger partial charge < -0.3 is 19.8 Å². The predicted octanol–water partition coefficient (Wildman–Crippen LogP) is 6.78. The number of benzene rings is 2. The highest BCUT2D eigenvalue weighted by Crippen LogP contribution is 2.51. The van der Waals surface area contributed by atoms with Crippen molar-refractivity contribution in [2.24, 2.45) is 0 Å². The Balaban J connectivity index is 1.20.